The Kier molecular flexibility index (Phi) is 7.41. The van der Waals surface area contributed by atoms with Crippen LogP contribution < -0.4 is 21.1 Å². The third kappa shape index (κ3) is 6.23. The molecule has 2 heterocycles. The molecule has 4 N–H and O–H groups in total. The van der Waals surface area contributed by atoms with Crippen LogP contribution in [0.3, 0.4) is 0 Å². The first-order valence-corrected chi connectivity index (χ1v) is 11.2. The van der Waals surface area contributed by atoms with E-state index < -0.39 is 6.04 Å². The molecule has 0 fully saturated rings. The number of fused-ring (bicyclic) bond motifs is 1. The van der Waals surface area contributed by atoms with Crippen molar-refractivity contribution in [1.82, 2.24) is 20.3 Å². The summed E-state index contributed by atoms with van der Waals surface area (Å²) in [6.07, 6.45) is 3.14. The highest BCUT2D eigenvalue weighted by molar-refractivity contribution is 6.32. The van der Waals surface area contributed by atoms with Crippen LogP contribution in [0.5, 0.6) is 11.5 Å². The van der Waals surface area contributed by atoms with Crippen LogP contribution in [0.2, 0.25) is 5.02 Å². The monoisotopic (exact) mass is 486 g/mol. The van der Waals surface area contributed by atoms with Crippen molar-refractivity contribution >= 4 is 39.9 Å². The average Bonchev–Trinajstić information content (AvgIpc) is 2.85. The van der Waals surface area contributed by atoms with Crippen LogP contribution in [0.1, 0.15) is 18.2 Å². The number of hydrogen-bond donors (Lipinski definition) is 3. The third-order valence-corrected chi connectivity index (χ3v) is 5.23. The lowest BCUT2D eigenvalue weighted by atomic mass is 10.1. The second-order valence-electron chi connectivity index (χ2n) is 7.77. The minimum absolute atomic E-state index is 0.209. The van der Waals surface area contributed by atoms with Crippen molar-refractivity contribution in [2.75, 3.05) is 11.9 Å². The van der Waals surface area contributed by atoms with E-state index in [0.29, 0.717) is 22.3 Å². The number of pyridine rings is 1. The van der Waals surface area contributed by atoms with Crippen molar-refractivity contribution < 1.29 is 9.53 Å². The molecule has 176 valence electrons. The van der Waals surface area contributed by atoms with Crippen LogP contribution in [0, 0.1) is 18.8 Å². The van der Waals surface area contributed by atoms with Gasteiger partial charge in [-0.1, -0.05) is 23.4 Å². The molecule has 9 heteroatoms. The number of amides is 1. The molecule has 0 bridgehead atoms. The average molecular weight is 487 g/mol. The van der Waals surface area contributed by atoms with Crippen molar-refractivity contribution in [3.63, 3.8) is 0 Å². The molecule has 1 atom stereocenters. The molecule has 4 aromatic rings. The van der Waals surface area contributed by atoms with Crippen LogP contribution in [0.4, 0.5) is 11.5 Å². The summed E-state index contributed by atoms with van der Waals surface area (Å²) in [5, 5.41) is 7.18. The van der Waals surface area contributed by atoms with E-state index in [-0.39, 0.29) is 12.5 Å². The first kappa shape index (κ1) is 24.0. The van der Waals surface area contributed by atoms with E-state index in [2.05, 4.69) is 37.4 Å². The van der Waals surface area contributed by atoms with Gasteiger partial charge in [-0.05, 0) is 62.4 Å². The van der Waals surface area contributed by atoms with Gasteiger partial charge in [0.05, 0.1) is 29.3 Å². The SMILES string of the molecule is Cc1ccc(Oc2ccc(Nc3ncnc4ccc(C#CCNC(=O)C(C)N)cc34)cc2Cl)cn1. The summed E-state index contributed by atoms with van der Waals surface area (Å²) in [7, 11) is 0. The van der Waals surface area contributed by atoms with E-state index in [1.807, 2.05) is 43.3 Å². The van der Waals surface area contributed by atoms with E-state index in [1.54, 1.807) is 25.3 Å². The maximum atomic E-state index is 11.5. The Hall–Kier alpha value is -4.19. The summed E-state index contributed by atoms with van der Waals surface area (Å²) in [6.45, 7) is 3.74. The third-order valence-electron chi connectivity index (χ3n) is 4.94. The van der Waals surface area contributed by atoms with Gasteiger partial charge in [-0.2, -0.15) is 0 Å². The van der Waals surface area contributed by atoms with E-state index in [0.717, 1.165) is 27.8 Å². The molecule has 1 amide bonds. The minimum atomic E-state index is -0.572. The van der Waals surface area contributed by atoms with Crippen molar-refractivity contribution in [3.8, 4) is 23.3 Å². The molecule has 0 aliphatic heterocycles. The molecular weight excluding hydrogens is 464 g/mol. The van der Waals surface area contributed by atoms with Crippen LogP contribution in [-0.4, -0.2) is 33.4 Å². The Morgan fingerprint density at radius 3 is 2.74 bits per heavy atom. The van der Waals surface area contributed by atoms with Crippen molar-refractivity contribution in [1.29, 1.82) is 0 Å². The summed E-state index contributed by atoms with van der Waals surface area (Å²) in [6, 6.07) is 14.1. The van der Waals surface area contributed by atoms with Crippen LogP contribution in [0.25, 0.3) is 10.9 Å². The zero-order chi connectivity index (χ0) is 24.8. The lowest BCUT2D eigenvalue weighted by molar-refractivity contribution is -0.121. The predicted molar refractivity (Wildman–Crippen MR) is 137 cm³/mol. The molecule has 0 radical (unpaired) electrons. The normalized spacial score (nSPS) is 11.3. The Bertz CT molecular complexity index is 1430. The molecule has 0 aliphatic carbocycles. The molecule has 0 spiro atoms. The molecule has 35 heavy (non-hydrogen) atoms. The number of nitrogens with two attached hydrogens (primary N) is 1. The summed E-state index contributed by atoms with van der Waals surface area (Å²) in [5.74, 6) is 7.44. The fourth-order valence-electron chi connectivity index (χ4n) is 3.11. The van der Waals surface area contributed by atoms with Gasteiger partial charge in [-0.15, -0.1) is 0 Å². The summed E-state index contributed by atoms with van der Waals surface area (Å²) in [4.78, 5) is 24.5. The quantitative estimate of drug-likeness (QED) is 0.347. The second-order valence-corrected chi connectivity index (χ2v) is 8.18. The highest BCUT2D eigenvalue weighted by atomic mass is 35.5. The number of carbonyl (C=O) groups excluding carboxylic acids is 1. The van der Waals surface area contributed by atoms with E-state index in [9.17, 15) is 4.79 Å². The highest BCUT2D eigenvalue weighted by Gasteiger charge is 2.09. The van der Waals surface area contributed by atoms with Crippen LogP contribution in [0.15, 0.2) is 61.1 Å². The lowest BCUT2D eigenvalue weighted by Crippen LogP contribution is -2.38. The van der Waals surface area contributed by atoms with Gasteiger partial charge >= 0.3 is 0 Å². The van der Waals surface area contributed by atoms with Gasteiger partial charge in [0, 0.05) is 22.3 Å². The van der Waals surface area contributed by atoms with Crippen molar-refractivity contribution in [2.45, 2.75) is 19.9 Å². The first-order chi connectivity index (χ1) is 16.9. The number of halogens is 1. The number of ether oxygens (including phenoxy) is 1. The lowest BCUT2D eigenvalue weighted by Gasteiger charge is -2.12. The summed E-state index contributed by atoms with van der Waals surface area (Å²) in [5.41, 5.74) is 8.69. The Balaban J connectivity index is 1.51. The van der Waals surface area contributed by atoms with Gasteiger partial charge in [-0.25, -0.2) is 9.97 Å². The maximum Gasteiger partial charge on any atom is 0.237 e. The van der Waals surface area contributed by atoms with Gasteiger partial charge < -0.3 is 21.1 Å². The van der Waals surface area contributed by atoms with E-state index in [1.165, 1.54) is 6.33 Å². The fraction of sp³-hybridized carbons (Fsp3) is 0.154. The van der Waals surface area contributed by atoms with Crippen LogP contribution in [-0.2, 0) is 4.79 Å². The van der Waals surface area contributed by atoms with Gasteiger partial charge in [-0.3, -0.25) is 9.78 Å². The number of aromatic nitrogens is 3. The Morgan fingerprint density at radius 2 is 2.00 bits per heavy atom. The number of aryl methyl sites for hydroxylation is 1. The number of nitrogens with zero attached hydrogens (tertiary/aromatic N) is 3. The van der Waals surface area contributed by atoms with Crippen molar-refractivity contribution in [3.05, 3.63) is 77.3 Å². The molecule has 2 aromatic heterocycles. The van der Waals surface area contributed by atoms with Crippen molar-refractivity contribution in [2.24, 2.45) is 5.73 Å². The molecule has 1 unspecified atom stereocenters. The summed E-state index contributed by atoms with van der Waals surface area (Å²) < 4.78 is 5.83. The Labute approximate surface area is 207 Å². The maximum absolute atomic E-state index is 11.5. The number of hydrogen-bond acceptors (Lipinski definition) is 7. The smallest absolute Gasteiger partial charge is 0.237 e. The number of nitrogens with one attached hydrogen (secondary N) is 2. The van der Waals surface area contributed by atoms with E-state index in [4.69, 9.17) is 22.1 Å². The zero-order valence-electron chi connectivity index (χ0n) is 19.2. The molecule has 8 nitrogen and oxygen atoms in total. The fourth-order valence-corrected chi connectivity index (χ4v) is 3.33. The largest absolute Gasteiger partial charge is 0.454 e. The van der Waals surface area contributed by atoms with E-state index >= 15 is 0 Å². The highest BCUT2D eigenvalue weighted by Crippen LogP contribution is 2.33. The minimum Gasteiger partial charge on any atom is -0.454 e. The standard InChI is InChI=1S/C26H23ClN6O2/c1-16-5-8-20(14-30-16)35-24-10-7-19(13-22(24)27)33-25-21-12-18(6-9-23(21)31-15-32-25)4-3-11-29-26(34)17(2)28/h5-10,12-15,17H,11,28H2,1-2H3,(H,29,34)(H,31,32,33). The number of rotatable bonds is 6. The summed E-state index contributed by atoms with van der Waals surface area (Å²) >= 11 is 6.46. The zero-order valence-corrected chi connectivity index (χ0v) is 19.9. The molecular formula is C26H23ClN6O2. The topological polar surface area (TPSA) is 115 Å². The van der Waals surface area contributed by atoms with Crippen LogP contribution >= 0.6 is 11.6 Å². The Morgan fingerprint density at radius 1 is 1.14 bits per heavy atom. The predicted octanol–water partition coefficient (Wildman–Crippen LogP) is 4.34. The van der Waals surface area contributed by atoms with Gasteiger partial charge in [0.25, 0.3) is 0 Å². The molecule has 2 aromatic carbocycles. The van der Waals surface area contributed by atoms with Gasteiger partial charge in [0.1, 0.15) is 23.6 Å². The number of anilines is 2. The molecule has 0 aliphatic rings. The number of carbonyl (C=O) groups is 1. The molecule has 0 saturated carbocycles. The second kappa shape index (κ2) is 10.8. The first-order valence-electron chi connectivity index (χ1n) is 10.8. The number of benzene rings is 2. The molecule has 4 rings (SSSR count). The van der Waals surface area contributed by atoms with Gasteiger partial charge in [0.15, 0.2) is 0 Å². The molecule has 0 saturated heterocycles. The van der Waals surface area contributed by atoms with Gasteiger partial charge in [0.2, 0.25) is 5.91 Å².